The Balaban J connectivity index is 1.85. The van der Waals surface area contributed by atoms with Crippen molar-refractivity contribution in [2.75, 3.05) is 6.54 Å². The number of hydrogen-bond acceptors (Lipinski definition) is 2. The van der Waals surface area contributed by atoms with Gasteiger partial charge in [0.15, 0.2) is 17.2 Å². The predicted octanol–water partition coefficient (Wildman–Crippen LogP) is 5.31. The van der Waals surface area contributed by atoms with E-state index in [1.807, 2.05) is 30.3 Å². The normalized spacial score (nSPS) is 21.8. The molecule has 2 nitrogen and oxygen atoms in total. The highest BCUT2D eigenvalue weighted by Crippen LogP contribution is 2.59. The van der Waals surface area contributed by atoms with Crippen LogP contribution in [0.2, 0.25) is 5.02 Å². The van der Waals surface area contributed by atoms with Crippen LogP contribution in [0.25, 0.3) is 11.1 Å². The molecule has 2 aliphatic rings. The second kappa shape index (κ2) is 6.00. The zero-order chi connectivity index (χ0) is 19.6. The van der Waals surface area contributed by atoms with Crippen molar-refractivity contribution in [2.45, 2.75) is 17.9 Å². The van der Waals surface area contributed by atoms with Gasteiger partial charge in [0, 0.05) is 35.2 Å². The molecule has 3 aromatic carbocycles. The van der Waals surface area contributed by atoms with E-state index < -0.39 is 23.1 Å². The Kier molecular flexibility index (Phi) is 3.77. The van der Waals surface area contributed by atoms with Crippen molar-refractivity contribution in [1.82, 2.24) is 0 Å². The summed E-state index contributed by atoms with van der Waals surface area (Å²) in [4.78, 5) is 0. The lowest BCUT2D eigenvalue weighted by Crippen LogP contribution is -2.44. The highest BCUT2D eigenvalue weighted by Gasteiger charge is 2.53. The topological polar surface area (TPSA) is 35.2 Å². The second-order valence-electron chi connectivity index (χ2n) is 7.17. The van der Waals surface area contributed by atoms with E-state index in [1.54, 1.807) is 0 Å². The van der Waals surface area contributed by atoms with E-state index in [2.05, 4.69) is 0 Å². The van der Waals surface area contributed by atoms with Crippen molar-refractivity contribution in [3.63, 3.8) is 0 Å². The van der Waals surface area contributed by atoms with Crippen molar-refractivity contribution in [3.05, 3.63) is 87.7 Å². The number of benzene rings is 3. The van der Waals surface area contributed by atoms with Crippen molar-refractivity contribution < 1.29 is 17.9 Å². The van der Waals surface area contributed by atoms with Gasteiger partial charge < -0.3 is 10.5 Å². The molecule has 142 valence electrons. The van der Waals surface area contributed by atoms with Crippen molar-refractivity contribution in [1.29, 1.82) is 0 Å². The molecule has 2 atom stereocenters. The number of ether oxygens (including phenoxy) is 1. The standard InChI is InChI=1S/C22H15ClF3NO/c23-20-15(25)9-16-18-13(22(10-27,28-16)12-4-2-1-3-5-12)8-11-6-7-14(24)21(26)17(11)19(18)20/h1-7,9,13H,8,10,27H2/t13-,22+/m0/s1. The van der Waals surface area contributed by atoms with Gasteiger partial charge in [-0.25, -0.2) is 13.2 Å². The molecule has 0 radical (unpaired) electrons. The molecular formula is C22H15ClF3NO. The Morgan fingerprint density at radius 2 is 1.79 bits per heavy atom. The van der Waals surface area contributed by atoms with Crippen LogP contribution in [0.5, 0.6) is 5.75 Å². The summed E-state index contributed by atoms with van der Waals surface area (Å²) in [5, 5.41) is -0.237. The molecule has 0 amide bonds. The molecule has 2 N–H and O–H groups in total. The first-order valence-electron chi connectivity index (χ1n) is 8.91. The maximum atomic E-state index is 14.7. The van der Waals surface area contributed by atoms with Gasteiger partial charge in [0.1, 0.15) is 11.6 Å². The van der Waals surface area contributed by atoms with Gasteiger partial charge in [-0.05, 0) is 23.6 Å². The van der Waals surface area contributed by atoms with Gasteiger partial charge in [-0.2, -0.15) is 0 Å². The molecule has 6 heteroatoms. The van der Waals surface area contributed by atoms with Crippen LogP contribution in [-0.4, -0.2) is 6.54 Å². The minimum Gasteiger partial charge on any atom is -0.480 e. The second-order valence-corrected chi connectivity index (χ2v) is 7.55. The van der Waals surface area contributed by atoms with Crippen molar-refractivity contribution >= 4 is 11.6 Å². The molecule has 0 spiro atoms. The zero-order valence-corrected chi connectivity index (χ0v) is 15.4. The summed E-state index contributed by atoms with van der Waals surface area (Å²) in [5.74, 6) is -2.81. The van der Waals surface area contributed by atoms with Crippen molar-refractivity contribution in [2.24, 2.45) is 5.73 Å². The highest BCUT2D eigenvalue weighted by molar-refractivity contribution is 6.34. The lowest BCUT2D eigenvalue weighted by Gasteiger charge is -2.36. The Labute approximate surface area is 164 Å². The lowest BCUT2D eigenvalue weighted by atomic mass is 9.70. The van der Waals surface area contributed by atoms with Gasteiger partial charge in [-0.3, -0.25) is 0 Å². The Morgan fingerprint density at radius 3 is 2.50 bits per heavy atom. The third-order valence-corrected chi connectivity index (χ3v) is 6.22. The zero-order valence-electron chi connectivity index (χ0n) is 14.6. The summed E-state index contributed by atoms with van der Waals surface area (Å²) in [5.41, 5.74) is 7.37. The van der Waals surface area contributed by atoms with Crippen LogP contribution in [0.4, 0.5) is 13.2 Å². The van der Waals surface area contributed by atoms with E-state index in [-0.39, 0.29) is 34.4 Å². The Hall–Kier alpha value is -2.50. The summed E-state index contributed by atoms with van der Waals surface area (Å²) in [6, 6.07) is 13.2. The van der Waals surface area contributed by atoms with E-state index >= 15 is 0 Å². The summed E-state index contributed by atoms with van der Waals surface area (Å²) < 4.78 is 49.5. The largest absolute Gasteiger partial charge is 0.480 e. The predicted molar refractivity (Wildman–Crippen MR) is 101 cm³/mol. The Bertz CT molecular complexity index is 1120. The molecule has 0 aromatic heterocycles. The monoisotopic (exact) mass is 401 g/mol. The van der Waals surface area contributed by atoms with Gasteiger partial charge in [-0.1, -0.05) is 48.0 Å². The Morgan fingerprint density at radius 1 is 1.04 bits per heavy atom. The molecule has 0 fully saturated rings. The number of hydrogen-bond donors (Lipinski definition) is 1. The van der Waals surface area contributed by atoms with Crippen LogP contribution in [0.3, 0.4) is 0 Å². The average Bonchev–Trinajstić information content (AvgIpc) is 3.03. The molecule has 3 aromatic rings. The van der Waals surface area contributed by atoms with Crippen LogP contribution in [0, 0.1) is 17.5 Å². The smallest absolute Gasteiger partial charge is 0.166 e. The van der Waals surface area contributed by atoms with Gasteiger partial charge in [0.25, 0.3) is 0 Å². The molecule has 5 rings (SSSR count). The summed E-state index contributed by atoms with van der Waals surface area (Å²) in [6.45, 7) is 0.133. The maximum absolute atomic E-state index is 14.7. The fourth-order valence-corrected chi connectivity index (χ4v) is 4.84. The minimum atomic E-state index is -1.03. The van der Waals surface area contributed by atoms with E-state index in [1.165, 1.54) is 12.1 Å². The van der Waals surface area contributed by atoms with Crippen molar-refractivity contribution in [3.8, 4) is 16.9 Å². The first kappa shape index (κ1) is 17.6. The van der Waals surface area contributed by atoms with Gasteiger partial charge in [-0.15, -0.1) is 0 Å². The van der Waals surface area contributed by atoms with E-state index in [0.717, 1.165) is 11.6 Å². The molecule has 0 saturated heterocycles. The van der Waals surface area contributed by atoms with Crippen LogP contribution < -0.4 is 10.5 Å². The number of fused-ring (bicyclic) bond motifs is 2. The highest BCUT2D eigenvalue weighted by atomic mass is 35.5. The summed E-state index contributed by atoms with van der Waals surface area (Å²) in [7, 11) is 0. The quantitative estimate of drug-likeness (QED) is 0.631. The molecule has 0 bridgehead atoms. The fourth-order valence-electron chi connectivity index (χ4n) is 4.59. The van der Waals surface area contributed by atoms with Gasteiger partial charge in [0.05, 0.1) is 5.02 Å². The SMILES string of the molecule is NC[C@]1(c2ccccc2)Oc2cc(F)c(Cl)c3c2[C@@H]1Cc1ccc(F)c(F)c1-3. The third-order valence-electron chi connectivity index (χ3n) is 5.85. The first-order chi connectivity index (χ1) is 13.5. The average molecular weight is 402 g/mol. The van der Waals surface area contributed by atoms with Crippen LogP contribution >= 0.6 is 11.6 Å². The molecule has 0 unspecified atom stereocenters. The molecule has 28 heavy (non-hydrogen) atoms. The van der Waals surface area contributed by atoms with E-state index in [9.17, 15) is 13.2 Å². The van der Waals surface area contributed by atoms with Crippen LogP contribution in [-0.2, 0) is 12.0 Å². The van der Waals surface area contributed by atoms with Gasteiger partial charge in [0.2, 0.25) is 0 Å². The molecular weight excluding hydrogens is 387 g/mol. The minimum absolute atomic E-state index is 0.00137. The summed E-state index contributed by atoms with van der Waals surface area (Å²) >= 11 is 6.26. The number of rotatable bonds is 2. The van der Waals surface area contributed by atoms with E-state index in [4.69, 9.17) is 22.1 Å². The van der Waals surface area contributed by atoms with Crippen LogP contribution in [0.15, 0.2) is 48.5 Å². The number of halogens is 4. The van der Waals surface area contributed by atoms with Crippen LogP contribution in [0.1, 0.15) is 22.6 Å². The molecule has 1 heterocycles. The first-order valence-corrected chi connectivity index (χ1v) is 9.29. The lowest BCUT2D eigenvalue weighted by molar-refractivity contribution is 0.0739. The molecule has 1 aliphatic heterocycles. The summed E-state index contributed by atoms with van der Waals surface area (Å²) in [6.07, 6.45) is 0.376. The van der Waals surface area contributed by atoms with E-state index in [0.29, 0.717) is 17.5 Å². The molecule has 0 saturated carbocycles. The molecule has 1 aliphatic carbocycles. The maximum Gasteiger partial charge on any atom is 0.166 e. The van der Waals surface area contributed by atoms with Gasteiger partial charge >= 0.3 is 0 Å². The fraction of sp³-hybridized carbons (Fsp3) is 0.182. The number of nitrogens with two attached hydrogens (primary N) is 1. The third kappa shape index (κ3) is 2.14.